The van der Waals surface area contributed by atoms with E-state index in [4.69, 9.17) is 10.6 Å². The van der Waals surface area contributed by atoms with E-state index in [9.17, 15) is 8.42 Å². The molecular weight excluding hydrogens is 264 g/mol. The molecule has 1 aromatic rings. The second kappa shape index (κ2) is 5.90. The van der Waals surface area contributed by atoms with Gasteiger partial charge >= 0.3 is 0 Å². The summed E-state index contributed by atoms with van der Waals surface area (Å²) in [5.74, 6) is 6.80. The monoisotopic (exact) mass is 284 g/mol. The van der Waals surface area contributed by atoms with Gasteiger partial charge in [-0.25, -0.2) is 8.42 Å². The van der Waals surface area contributed by atoms with Crippen LogP contribution in [0.1, 0.15) is 12.0 Å². The first kappa shape index (κ1) is 14.3. The summed E-state index contributed by atoms with van der Waals surface area (Å²) in [6.07, 6.45) is 2.60. The first-order valence-corrected chi connectivity index (χ1v) is 8.40. The fourth-order valence-electron chi connectivity index (χ4n) is 2.41. The second-order valence-electron chi connectivity index (χ2n) is 5.07. The summed E-state index contributed by atoms with van der Waals surface area (Å²) < 4.78 is 28.2. The highest BCUT2D eigenvalue weighted by molar-refractivity contribution is 7.90. The Labute approximate surface area is 114 Å². The summed E-state index contributed by atoms with van der Waals surface area (Å²) in [6, 6.07) is 7.86. The van der Waals surface area contributed by atoms with Crippen LogP contribution in [-0.4, -0.2) is 33.1 Å². The van der Waals surface area contributed by atoms with Crippen molar-refractivity contribution in [3.8, 4) is 5.75 Å². The van der Waals surface area contributed by atoms with Crippen molar-refractivity contribution in [3.63, 3.8) is 0 Å². The minimum atomic E-state index is -2.96. The maximum Gasteiger partial charge on any atom is 0.147 e. The molecule has 6 heteroatoms. The third kappa shape index (κ3) is 3.92. The van der Waals surface area contributed by atoms with E-state index in [0.29, 0.717) is 13.0 Å². The molecule has 1 aromatic carbocycles. The van der Waals surface area contributed by atoms with Crippen LogP contribution in [0.25, 0.3) is 0 Å². The van der Waals surface area contributed by atoms with Gasteiger partial charge in [-0.05, 0) is 24.5 Å². The van der Waals surface area contributed by atoms with Crippen molar-refractivity contribution in [2.24, 2.45) is 11.8 Å². The average Bonchev–Trinajstić information content (AvgIpc) is 2.38. The molecule has 19 heavy (non-hydrogen) atoms. The first-order valence-electron chi connectivity index (χ1n) is 6.34. The minimum Gasteiger partial charge on any atom is -0.493 e. The molecule has 2 atom stereocenters. The van der Waals surface area contributed by atoms with Crippen molar-refractivity contribution < 1.29 is 13.2 Å². The highest BCUT2D eigenvalue weighted by Gasteiger charge is 2.27. The smallest absolute Gasteiger partial charge is 0.147 e. The predicted octanol–water partition coefficient (Wildman–Crippen LogP) is 0.504. The molecule has 1 heterocycles. The maximum absolute atomic E-state index is 11.2. The zero-order valence-electron chi connectivity index (χ0n) is 11.0. The van der Waals surface area contributed by atoms with Gasteiger partial charge in [-0.1, -0.05) is 18.2 Å². The zero-order valence-corrected chi connectivity index (χ0v) is 11.8. The van der Waals surface area contributed by atoms with Gasteiger partial charge in [-0.3, -0.25) is 11.3 Å². The van der Waals surface area contributed by atoms with Crippen molar-refractivity contribution in [3.05, 3.63) is 29.8 Å². The molecule has 0 amide bonds. The minimum absolute atomic E-state index is 0.0527. The van der Waals surface area contributed by atoms with Gasteiger partial charge in [0.2, 0.25) is 0 Å². The zero-order chi connectivity index (χ0) is 13.9. The topological polar surface area (TPSA) is 81.4 Å². The van der Waals surface area contributed by atoms with Crippen molar-refractivity contribution in [1.29, 1.82) is 0 Å². The summed E-state index contributed by atoms with van der Waals surface area (Å²) >= 11 is 0. The van der Waals surface area contributed by atoms with Crippen LogP contribution in [-0.2, 0) is 16.3 Å². The number of sulfone groups is 1. The Balaban J connectivity index is 2.02. The number of benzene rings is 1. The van der Waals surface area contributed by atoms with E-state index in [-0.39, 0.29) is 17.7 Å². The van der Waals surface area contributed by atoms with Crippen LogP contribution in [0, 0.1) is 5.92 Å². The number of ether oxygens (including phenoxy) is 1. The Hall–Kier alpha value is -1.11. The highest BCUT2D eigenvalue weighted by atomic mass is 32.2. The van der Waals surface area contributed by atoms with E-state index in [0.717, 1.165) is 17.7 Å². The summed E-state index contributed by atoms with van der Waals surface area (Å²) in [6.45, 7) is 0.565. The van der Waals surface area contributed by atoms with Crippen molar-refractivity contribution in [2.75, 3.05) is 18.6 Å². The van der Waals surface area contributed by atoms with Crippen LogP contribution in [0.15, 0.2) is 24.3 Å². The molecular formula is C13H20N2O3S. The van der Waals surface area contributed by atoms with Crippen LogP contribution in [0.5, 0.6) is 5.75 Å². The van der Waals surface area contributed by atoms with Gasteiger partial charge in [0.1, 0.15) is 15.6 Å². The molecule has 106 valence electrons. The number of rotatable bonds is 5. The van der Waals surface area contributed by atoms with Gasteiger partial charge in [0.05, 0.1) is 12.4 Å². The van der Waals surface area contributed by atoms with E-state index in [1.165, 1.54) is 6.26 Å². The lowest BCUT2D eigenvalue weighted by Gasteiger charge is -2.31. The maximum atomic E-state index is 11.2. The molecule has 0 spiro atoms. The van der Waals surface area contributed by atoms with E-state index < -0.39 is 9.84 Å². The molecule has 0 radical (unpaired) electrons. The van der Waals surface area contributed by atoms with Crippen LogP contribution < -0.4 is 16.0 Å². The lowest BCUT2D eigenvalue weighted by molar-refractivity contribution is 0.182. The molecule has 2 unspecified atom stereocenters. The van der Waals surface area contributed by atoms with E-state index in [1.807, 2.05) is 24.3 Å². The van der Waals surface area contributed by atoms with Crippen molar-refractivity contribution in [1.82, 2.24) is 5.43 Å². The fourth-order valence-corrected chi connectivity index (χ4v) is 3.09. The highest BCUT2D eigenvalue weighted by Crippen LogP contribution is 2.28. The molecule has 2 rings (SSSR count). The number of nitrogens with two attached hydrogens (primary N) is 1. The number of hydrogen-bond donors (Lipinski definition) is 2. The quantitative estimate of drug-likeness (QED) is 0.608. The van der Waals surface area contributed by atoms with Crippen LogP contribution in [0.3, 0.4) is 0 Å². The third-order valence-electron chi connectivity index (χ3n) is 3.49. The summed E-state index contributed by atoms with van der Waals surface area (Å²) in [7, 11) is -2.96. The average molecular weight is 284 g/mol. The first-order chi connectivity index (χ1) is 8.99. The summed E-state index contributed by atoms with van der Waals surface area (Å²) in [4.78, 5) is 0. The number of hydrazine groups is 1. The number of para-hydroxylation sites is 1. The molecule has 0 fully saturated rings. The van der Waals surface area contributed by atoms with Crippen molar-refractivity contribution >= 4 is 9.84 Å². The normalized spacial score (nSPS) is 20.4. The van der Waals surface area contributed by atoms with Crippen molar-refractivity contribution in [2.45, 2.75) is 18.9 Å². The standard InChI is InChI=1S/C13H20N2O3S/c1-19(16,17)7-6-12(15-14)11-8-10-4-2-3-5-13(10)18-9-11/h2-5,11-12,15H,6-9,14H2,1H3. The molecule has 1 aliphatic heterocycles. The second-order valence-corrected chi connectivity index (χ2v) is 7.33. The van der Waals surface area contributed by atoms with E-state index >= 15 is 0 Å². The van der Waals surface area contributed by atoms with Gasteiger partial charge in [-0.15, -0.1) is 0 Å². The van der Waals surface area contributed by atoms with E-state index in [1.54, 1.807) is 0 Å². The molecule has 1 aliphatic rings. The van der Waals surface area contributed by atoms with Gasteiger partial charge in [0, 0.05) is 18.2 Å². The van der Waals surface area contributed by atoms with Gasteiger partial charge in [-0.2, -0.15) is 0 Å². The Morgan fingerprint density at radius 2 is 2.21 bits per heavy atom. The van der Waals surface area contributed by atoms with Gasteiger partial charge in [0.25, 0.3) is 0 Å². The number of fused-ring (bicyclic) bond motifs is 1. The van der Waals surface area contributed by atoms with E-state index in [2.05, 4.69) is 5.43 Å². The number of nitrogens with one attached hydrogen (secondary N) is 1. The predicted molar refractivity (Wildman–Crippen MR) is 74.6 cm³/mol. The fraction of sp³-hybridized carbons (Fsp3) is 0.538. The summed E-state index contributed by atoms with van der Waals surface area (Å²) in [5, 5.41) is 0. The van der Waals surface area contributed by atoms with Gasteiger partial charge < -0.3 is 4.74 Å². The molecule has 0 bridgehead atoms. The Kier molecular flexibility index (Phi) is 4.44. The van der Waals surface area contributed by atoms with Crippen LogP contribution >= 0.6 is 0 Å². The molecule has 0 aromatic heterocycles. The molecule has 0 aliphatic carbocycles. The van der Waals surface area contributed by atoms with Crippen LogP contribution in [0.4, 0.5) is 0 Å². The largest absolute Gasteiger partial charge is 0.493 e. The molecule has 0 saturated carbocycles. The lowest BCUT2D eigenvalue weighted by atomic mass is 9.89. The Bertz CT molecular complexity index is 530. The molecule has 3 N–H and O–H groups in total. The number of hydrogen-bond acceptors (Lipinski definition) is 5. The molecule has 5 nitrogen and oxygen atoms in total. The Morgan fingerprint density at radius 1 is 1.47 bits per heavy atom. The molecule has 0 saturated heterocycles. The lowest BCUT2D eigenvalue weighted by Crippen LogP contribution is -2.46. The van der Waals surface area contributed by atoms with Crippen LogP contribution in [0.2, 0.25) is 0 Å². The van der Waals surface area contributed by atoms with Gasteiger partial charge in [0.15, 0.2) is 0 Å². The summed E-state index contributed by atoms with van der Waals surface area (Å²) in [5.41, 5.74) is 3.88. The third-order valence-corrected chi connectivity index (χ3v) is 4.47. The SMILES string of the molecule is CS(=O)(=O)CCC(NN)C1COc2ccccc2C1. The Morgan fingerprint density at radius 3 is 2.89 bits per heavy atom.